The van der Waals surface area contributed by atoms with Gasteiger partial charge >= 0.3 is 5.97 Å². The van der Waals surface area contributed by atoms with E-state index < -0.39 is 0 Å². The Balaban J connectivity index is 1.15. The summed E-state index contributed by atoms with van der Waals surface area (Å²) in [6.07, 6.45) is 13.5. The van der Waals surface area contributed by atoms with Gasteiger partial charge in [-0.3, -0.25) is 4.84 Å². The van der Waals surface area contributed by atoms with Gasteiger partial charge in [0.1, 0.15) is 19.4 Å². The zero-order valence-corrected chi connectivity index (χ0v) is 24.1. The Morgan fingerprint density at radius 1 is 0.780 bits per heavy atom. The second-order valence-electron chi connectivity index (χ2n) is 13.4. The van der Waals surface area contributed by atoms with Crippen LogP contribution < -0.4 is 5.32 Å². The SMILES string of the molecule is O=C(OCc1ccccc1)C1=C(COC23CC4CC(CC(C4)C2)C3)NC(C2CCCCC2)N1OCc1ccccc1. The molecule has 5 aliphatic carbocycles. The Morgan fingerprint density at radius 2 is 1.37 bits per heavy atom. The molecule has 6 nitrogen and oxygen atoms in total. The third kappa shape index (κ3) is 5.91. The maximum Gasteiger partial charge on any atom is 0.359 e. The minimum Gasteiger partial charge on any atom is -0.456 e. The first kappa shape index (κ1) is 27.0. The average molecular weight is 557 g/mol. The van der Waals surface area contributed by atoms with Gasteiger partial charge in [0.2, 0.25) is 0 Å². The van der Waals surface area contributed by atoms with Gasteiger partial charge in [-0.25, -0.2) is 9.86 Å². The van der Waals surface area contributed by atoms with E-state index in [-0.39, 0.29) is 24.3 Å². The number of carbonyl (C=O) groups excluding carboxylic acids is 1. The minimum atomic E-state index is -0.350. The summed E-state index contributed by atoms with van der Waals surface area (Å²) in [5.74, 6) is 2.47. The van der Waals surface area contributed by atoms with Crippen LogP contribution >= 0.6 is 0 Å². The van der Waals surface area contributed by atoms with E-state index in [4.69, 9.17) is 14.3 Å². The number of rotatable bonds is 10. The average Bonchev–Trinajstić information content (AvgIpc) is 3.37. The van der Waals surface area contributed by atoms with Gasteiger partial charge in [0.25, 0.3) is 0 Å². The molecule has 1 aliphatic heterocycles. The van der Waals surface area contributed by atoms with Crippen LogP contribution in [0.1, 0.15) is 81.8 Å². The highest BCUT2D eigenvalue weighted by atomic mass is 16.7. The molecule has 218 valence electrons. The fraction of sp³-hybridized carbons (Fsp3) is 0.571. The quantitative estimate of drug-likeness (QED) is 0.322. The summed E-state index contributed by atoms with van der Waals surface area (Å²) in [5, 5.41) is 5.62. The largest absolute Gasteiger partial charge is 0.456 e. The molecule has 1 atom stereocenters. The second-order valence-corrected chi connectivity index (χ2v) is 13.4. The number of benzene rings is 2. The predicted octanol–water partition coefficient (Wildman–Crippen LogP) is 6.87. The zero-order chi connectivity index (χ0) is 27.6. The van der Waals surface area contributed by atoms with Crippen LogP contribution in [0.4, 0.5) is 0 Å². The lowest BCUT2D eigenvalue weighted by molar-refractivity contribution is -0.189. The molecule has 2 aromatic carbocycles. The van der Waals surface area contributed by atoms with Crippen molar-refractivity contribution < 1.29 is 19.1 Å². The molecular weight excluding hydrogens is 512 g/mol. The van der Waals surface area contributed by atoms with Crippen LogP contribution in [0, 0.1) is 23.7 Å². The number of hydroxylamine groups is 2. The van der Waals surface area contributed by atoms with Crippen LogP contribution in [0.25, 0.3) is 0 Å². The first-order chi connectivity index (χ1) is 20.1. The maximum atomic E-state index is 13.9. The van der Waals surface area contributed by atoms with Gasteiger partial charge in [0, 0.05) is 0 Å². The van der Waals surface area contributed by atoms with Crippen molar-refractivity contribution in [2.24, 2.45) is 23.7 Å². The number of esters is 1. The first-order valence-electron chi connectivity index (χ1n) is 15.9. The van der Waals surface area contributed by atoms with Crippen LogP contribution in [0.3, 0.4) is 0 Å². The summed E-state index contributed by atoms with van der Waals surface area (Å²) in [6.45, 7) is 1.02. The van der Waals surface area contributed by atoms with Crippen LogP contribution in [0.2, 0.25) is 0 Å². The number of carbonyl (C=O) groups is 1. The smallest absolute Gasteiger partial charge is 0.359 e. The summed E-state index contributed by atoms with van der Waals surface area (Å²) in [6, 6.07) is 20.1. The first-order valence-corrected chi connectivity index (χ1v) is 15.9. The molecule has 6 aliphatic rings. The lowest BCUT2D eigenvalue weighted by Crippen LogP contribution is -2.52. The molecule has 0 aromatic heterocycles. The van der Waals surface area contributed by atoms with Gasteiger partial charge < -0.3 is 14.8 Å². The normalized spacial score (nSPS) is 31.0. The maximum absolute atomic E-state index is 13.9. The highest BCUT2D eigenvalue weighted by Crippen LogP contribution is 2.57. The molecule has 0 spiro atoms. The number of ether oxygens (including phenoxy) is 2. The standard InChI is InChI=1S/C35H44N2O4/c38-34(39-22-25-10-4-1-5-11-25)32-31(24-40-35-19-27-16-28(20-35)18-29(17-27)21-35)36-33(30-14-8-3-9-15-30)37(32)41-23-26-12-6-2-7-13-26/h1-2,4-7,10-13,27-30,33,36H,3,8-9,14-24H2. The molecule has 8 rings (SSSR count). The van der Waals surface area contributed by atoms with Crippen molar-refractivity contribution in [1.82, 2.24) is 10.4 Å². The number of hydrogen-bond donors (Lipinski definition) is 1. The molecule has 5 saturated carbocycles. The van der Waals surface area contributed by atoms with Crippen LogP contribution in [-0.2, 0) is 32.3 Å². The summed E-state index contributed by atoms with van der Waals surface area (Å²) in [7, 11) is 0. The van der Waals surface area contributed by atoms with Crippen LogP contribution in [0.5, 0.6) is 0 Å². The Labute approximate surface area is 244 Å². The molecule has 0 radical (unpaired) electrons. The van der Waals surface area contributed by atoms with Crippen LogP contribution in [-0.4, -0.2) is 29.4 Å². The minimum absolute atomic E-state index is 0.0405. The lowest BCUT2D eigenvalue weighted by atomic mass is 9.54. The molecule has 2 aromatic rings. The molecule has 0 amide bonds. The van der Waals surface area contributed by atoms with Crippen molar-refractivity contribution in [1.29, 1.82) is 0 Å². The van der Waals surface area contributed by atoms with E-state index in [2.05, 4.69) is 17.4 Å². The fourth-order valence-electron chi connectivity index (χ4n) is 8.75. The van der Waals surface area contributed by atoms with Crippen molar-refractivity contribution in [2.45, 2.75) is 95.6 Å². The van der Waals surface area contributed by atoms with Gasteiger partial charge in [0.15, 0.2) is 5.70 Å². The van der Waals surface area contributed by atoms with E-state index in [1.807, 2.05) is 53.6 Å². The number of hydrogen-bond acceptors (Lipinski definition) is 6. The number of nitrogens with zero attached hydrogens (tertiary/aromatic N) is 1. The molecule has 0 saturated heterocycles. The Kier molecular flexibility index (Phi) is 7.79. The fourth-order valence-corrected chi connectivity index (χ4v) is 8.75. The Hall–Kier alpha value is -2.83. The van der Waals surface area contributed by atoms with Gasteiger partial charge in [-0.1, -0.05) is 79.9 Å². The van der Waals surface area contributed by atoms with E-state index in [9.17, 15) is 4.79 Å². The summed E-state index contributed by atoms with van der Waals surface area (Å²) in [5.41, 5.74) is 3.31. The van der Waals surface area contributed by atoms with Crippen molar-refractivity contribution in [2.75, 3.05) is 6.61 Å². The summed E-state index contributed by atoms with van der Waals surface area (Å²) >= 11 is 0. The van der Waals surface area contributed by atoms with Crippen molar-refractivity contribution in [3.8, 4) is 0 Å². The van der Waals surface area contributed by atoms with Crippen molar-refractivity contribution in [3.63, 3.8) is 0 Å². The Morgan fingerprint density at radius 3 is 1.98 bits per heavy atom. The third-order valence-corrected chi connectivity index (χ3v) is 10.3. The Bertz CT molecular complexity index is 1190. The molecule has 1 unspecified atom stereocenters. The molecule has 5 fully saturated rings. The molecule has 1 heterocycles. The highest BCUT2D eigenvalue weighted by molar-refractivity contribution is 5.89. The van der Waals surface area contributed by atoms with E-state index in [0.29, 0.717) is 24.8 Å². The van der Waals surface area contributed by atoms with Crippen molar-refractivity contribution >= 4 is 5.97 Å². The van der Waals surface area contributed by atoms with Gasteiger partial charge in [0.05, 0.1) is 17.9 Å². The van der Waals surface area contributed by atoms with Gasteiger partial charge in [-0.05, 0) is 86.2 Å². The number of nitrogens with one attached hydrogen (secondary N) is 1. The molecule has 6 heteroatoms. The second kappa shape index (κ2) is 11.8. The van der Waals surface area contributed by atoms with E-state index >= 15 is 0 Å². The summed E-state index contributed by atoms with van der Waals surface area (Å²) < 4.78 is 12.8. The van der Waals surface area contributed by atoms with E-state index in [1.54, 1.807) is 0 Å². The van der Waals surface area contributed by atoms with Crippen LogP contribution in [0.15, 0.2) is 72.1 Å². The van der Waals surface area contributed by atoms with E-state index in [1.165, 1.54) is 57.8 Å². The summed E-state index contributed by atoms with van der Waals surface area (Å²) in [4.78, 5) is 20.4. The monoisotopic (exact) mass is 556 g/mol. The molecule has 4 bridgehead atoms. The molecule has 1 N–H and O–H groups in total. The van der Waals surface area contributed by atoms with Crippen molar-refractivity contribution in [3.05, 3.63) is 83.2 Å². The molecular formula is C35H44N2O4. The van der Waals surface area contributed by atoms with E-state index in [0.717, 1.165) is 47.4 Å². The van der Waals surface area contributed by atoms with Gasteiger partial charge in [-0.15, -0.1) is 0 Å². The predicted molar refractivity (Wildman–Crippen MR) is 157 cm³/mol. The zero-order valence-electron chi connectivity index (χ0n) is 24.1. The topological polar surface area (TPSA) is 60.0 Å². The molecule has 41 heavy (non-hydrogen) atoms. The van der Waals surface area contributed by atoms with Gasteiger partial charge in [-0.2, -0.15) is 0 Å². The highest BCUT2D eigenvalue weighted by Gasteiger charge is 2.52. The lowest BCUT2D eigenvalue weighted by Gasteiger charge is -2.56. The third-order valence-electron chi connectivity index (χ3n) is 10.3.